The fourth-order valence-electron chi connectivity index (χ4n) is 2.22. The molecule has 0 unspecified atom stereocenters. The van der Waals surface area contributed by atoms with Crippen LogP contribution in [-0.4, -0.2) is 16.8 Å². The van der Waals surface area contributed by atoms with Crippen LogP contribution in [0.15, 0.2) is 35.5 Å². The van der Waals surface area contributed by atoms with E-state index in [-0.39, 0.29) is 5.75 Å². The van der Waals surface area contributed by atoms with Crippen molar-refractivity contribution in [2.75, 3.05) is 6.61 Å². The van der Waals surface area contributed by atoms with E-state index < -0.39 is 11.6 Å². The summed E-state index contributed by atoms with van der Waals surface area (Å²) in [5, 5.41) is 1.41. The minimum atomic E-state index is -0.665. The highest BCUT2D eigenvalue weighted by atomic mass is 32.2. The summed E-state index contributed by atoms with van der Waals surface area (Å²) in [6, 6.07) is 6.30. The Kier molecular flexibility index (Phi) is 5.16. The minimum absolute atomic E-state index is 0.289. The van der Waals surface area contributed by atoms with Crippen LogP contribution in [0.3, 0.4) is 0 Å². The predicted octanol–water partition coefficient (Wildman–Crippen LogP) is 5.46. The zero-order valence-electron chi connectivity index (χ0n) is 13.0. The molecular weight excluding hydrogens is 316 g/mol. The van der Waals surface area contributed by atoms with Crippen molar-refractivity contribution in [2.45, 2.75) is 42.9 Å². The number of pyridine rings is 1. The van der Waals surface area contributed by atoms with Crippen LogP contribution in [0.4, 0.5) is 8.78 Å². The fourth-order valence-corrected chi connectivity index (χ4v) is 3.34. The third-order valence-corrected chi connectivity index (χ3v) is 4.98. The van der Waals surface area contributed by atoms with Crippen molar-refractivity contribution in [3.05, 3.63) is 42.1 Å². The summed E-state index contributed by atoms with van der Waals surface area (Å²) >= 11 is 1.68. The van der Waals surface area contributed by atoms with Crippen molar-refractivity contribution in [3.8, 4) is 16.9 Å². The maximum absolute atomic E-state index is 14.2. The molecule has 0 amide bonds. The summed E-state index contributed by atoms with van der Waals surface area (Å²) in [7, 11) is 0. The molecule has 0 bridgehead atoms. The van der Waals surface area contributed by atoms with Gasteiger partial charge in [-0.25, -0.2) is 13.8 Å². The first-order valence-corrected chi connectivity index (χ1v) is 8.81. The molecule has 0 aliphatic heterocycles. The van der Waals surface area contributed by atoms with Gasteiger partial charge in [-0.2, -0.15) is 0 Å². The fraction of sp³-hybridized carbons (Fsp3) is 0.389. The molecule has 3 rings (SSSR count). The standard InChI is InChI=1S/C18H19F2NOS/c1-2-3-9-22-17-15(19)10-12(11-16(17)20)14-5-4-8-21-18(14)23-13-6-7-13/h4-5,8,10-11,13H,2-3,6-7,9H2,1H3. The Labute approximate surface area is 139 Å². The van der Waals surface area contributed by atoms with Crippen molar-refractivity contribution in [1.29, 1.82) is 0 Å². The van der Waals surface area contributed by atoms with Gasteiger partial charge < -0.3 is 4.74 Å². The van der Waals surface area contributed by atoms with E-state index in [9.17, 15) is 8.78 Å². The number of hydrogen-bond donors (Lipinski definition) is 0. The number of nitrogens with zero attached hydrogens (tertiary/aromatic N) is 1. The molecule has 122 valence electrons. The molecule has 1 aromatic carbocycles. The van der Waals surface area contributed by atoms with Gasteiger partial charge in [-0.15, -0.1) is 11.8 Å². The van der Waals surface area contributed by atoms with E-state index >= 15 is 0 Å². The van der Waals surface area contributed by atoms with Gasteiger partial charge in [0.1, 0.15) is 5.03 Å². The highest BCUT2D eigenvalue weighted by molar-refractivity contribution is 8.00. The van der Waals surface area contributed by atoms with Crippen molar-refractivity contribution < 1.29 is 13.5 Å². The lowest BCUT2D eigenvalue weighted by atomic mass is 10.1. The second-order valence-electron chi connectivity index (χ2n) is 5.64. The van der Waals surface area contributed by atoms with Gasteiger partial charge in [0.05, 0.1) is 6.61 Å². The van der Waals surface area contributed by atoms with Gasteiger partial charge in [0, 0.05) is 17.0 Å². The molecule has 1 fully saturated rings. The van der Waals surface area contributed by atoms with E-state index in [2.05, 4.69) is 4.98 Å². The SMILES string of the molecule is CCCCOc1c(F)cc(-c2cccnc2SC2CC2)cc1F. The number of hydrogen-bond acceptors (Lipinski definition) is 3. The number of halogens is 2. The van der Waals surface area contributed by atoms with Crippen molar-refractivity contribution in [1.82, 2.24) is 4.98 Å². The normalized spacial score (nSPS) is 14.0. The first-order valence-electron chi connectivity index (χ1n) is 7.93. The third kappa shape index (κ3) is 4.02. The zero-order chi connectivity index (χ0) is 16.2. The van der Waals surface area contributed by atoms with Gasteiger partial charge in [-0.3, -0.25) is 0 Å². The Hall–Kier alpha value is -1.62. The summed E-state index contributed by atoms with van der Waals surface area (Å²) in [5.74, 6) is -1.62. The van der Waals surface area contributed by atoms with E-state index in [0.717, 1.165) is 23.4 Å². The summed E-state index contributed by atoms with van der Waals surface area (Å²) in [4.78, 5) is 4.36. The molecule has 2 nitrogen and oxygen atoms in total. The maximum atomic E-state index is 14.2. The molecule has 5 heteroatoms. The third-order valence-electron chi connectivity index (χ3n) is 3.63. The maximum Gasteiger partial charge on any atom is 0.190 e. The molecule has 1 saturated carbocycles. The van der Waals surface area contributed by atoms with Crippen LogP contribution in [-0.2, 0) is 0 Å². The van der Waals surface area contributed by atoms with Crippen molar-refractivity contribution >= 4 is 11.8 Å². The number of aromatic nitrogens is 1. The first-order chi connectivity index (χ1) is 11.2. The van der Waals surface area contributed by atoms with Crippen LogP contribution >= 0.6 is 11.8 Å². The number of rotatable bonds is 7. The Balaban J connectivity index is 1.88. The molecule has 23 heavy (non-hydrogen) atoms. The van der Waals surface area contributed by atoms with Gasteiger partial charge in [0.25, 0.3) is 0 Å². The van der Waals surface area contributed by atoms with Crippen LogP contribution in [0.25, 0.3) is 11.1 Å². The van der Waals surface area contributed by atoms with Crippen LogP contribution in [0.5, 0.6) is 5.75 Å². The second kappa shape index (κ2) is 7.30. The summed E-state index contributed by atoms with van der Waals surface area (Å²) in [6.07, 6.45) is 5.74. The van der Waals surface area contributed by atoms with Gasteiger partial charge in [-0.1, -0.05) is 19.4 Å². The van der Waals surface area contributed by atoms with Crippen molar-refractivity contribution in [2.24, 2.45) is 0 Å². The molecular formula is C18H19F2NOS. The van der Waals surface area contributed by atoms with E-state index in [1.807, 2.05) is 13.0 Å². The highest BCUT2D eigenvalue weighted by Crippen LogP contribution is 2.42. The lowest BCUT2D eigenvalue weighted by Crippen LogP contribution is -2.02. The molecule has 1 aliphatic carbocycles. The number of benzene rings is 1. The summed E-state index contributed by atoms with van der Waals surface area (Å²) in [6.45, 7) is 2.32. The van der Waals surface area contributed by atoms with Crippen molar-refractivity contribution in [3.63, 3.8) is 0 Å². The highest BCUT2D eigenvalue weighted by Gasteiger charge is 2.25. The molecule has 0 atom stereocenters. The number of ether oxygens (including phenoxy) is 1. The Bertz CT molecular complexity index is 665. The molecule has 0 radical (unpaired) electrons. The summed E-state index contributed by atoms with van der Waals surface area (Å²) in [5.41, 5.74) is 1.27. The largest absolute Gasteiger partial charge is 0.488 e. The molecule has 1 aliphatic rings. The van der Waals surface area contributed by atoms with E-state index in [1.165, 1.54) is 25.0 Å². The Morgan fingerprint density at radius 1 is 1.26 bits per heavy atom. The molecule has 0 spiro atoms. The minimum Gasteiger partial charge on any atom is -0.488 e. The van der Waals surface area contributed by atoms with Gasteiger partial charge in [0.2, 0.25) is 0 Å². The van der Waals surface area contributed by atoms with Gasteiger partial charge in [-0.05, 0) is 43.0 Å². The smallest absolute Gasteiger partial charge is 0.190 e. The first kappa shape index (κ1) is 16.2. The average molecular weight is 335 g/mol. The van der Waals surface area contributed by atoms with E-state index in [0.29, 0.717) is 17.4 Å². The molecule has 1 heterocycles. The monoisotopic (exact) mass is 335 g/mol. The molecule has 2 aromatic rings. The number of thioether (sulfide) groups is 1. The van der Waals surface area contributed by atoms with E-state index in [1.54, 1.807) is 24.0 Å². The van der Waals surface area contributed by atoms with Gasteiger partial charge in [0.15, 0.2) is 17.4 Å². The molecule has 1 aromatic heterocycles. The van der Waals surface area contributed by atoms with Crippen LogP contribution in [0.2, 0.25) is 0 Å². The van der Waals surface area contributed by atoms with Crippen LogP contribution in [0, 0.1) is 11.6 Å². The summed E-state index contributed by atoms with van der Waals surface area (Å²) < 4.78 is 33.7. The predicted molar refractivity (Wildman–Crippen MR) is 88.9 cm³/mol. The Morgan fingerprint density at radius 3 is 2.65 bits per heavy atom. The molecule has 0 saturated heterocycles. The van der Waals surface area contributed by atoms with Gasteiger partial charge >= 0.3 is 0 Å². The second-order valence-corrected chi connectivity index (χ2v) is 6.93. The molecule has 0 N–H and O–H groups in total. The van der Waals surface area contributed by atoms with Crippen LogP contribution < -0.4 is 4.74 Å². The lowest BCUT2D eigenvalue weighted by Gasteiger charge is -2.12. The zero-order valence-corrected chi connectivity index (χ0v) is 13.8. The topological polar surface area (TPSA) is 22.1 Å². The lowest BCUT2D eigenvalue weighted by molar-refractivity contribution is 0.279. The Morgan fingerprint density at radius 2 is 2.00 bits per heavy atom. The number of unbranched alkanes of at least 4 members (excludes halogenated alkanes) is 1. The van der Waals surface area contributed by atoms with E-state index in [4.69, 9.17) is 4.74 Å². The quantitative estimate of drug-likeness (QED) is 0.627. The average Bonchev–Trinajstić information content (AvgIpc) is 3.34. The van der Waals surface area contributed by atoms with Crippen LogP contribution in [0.1, 0.15) is 32.6 Å².